The fourth-order valence-electron chi connectivity index (χ4n) is 0.718. The molecule has 1 aliphatic heterocycles. The van der Waals surface area contributed by atoms with E-state index in [2.05, 4.69) is 21.4 Å². The number of aromatic nitrogens is 2. The van der Waals surface area contributed by atoms with E-state index in [1.165, 1.54) is 0 Å². The summed E-state index contributed by atoms with van der Waals surface area (Å²) in [5.41, 5.74) is 2.01. The molecule has 2 heterocycles. The smallest absolute Gasteiger partial charge is 0.0410 e. The Morgan fingerprint density at radius 2 is 2.20 bits per heavy atom. The second-order valence-corrected chi connectivity index (χ2v) is 1.91. The van der Waals surface area contributed by atoms with Gasteiger partial charge in [0, 0.05) is 12.4 Å². The standard InChI is InChI=1S/C7H4N3/c1-2-9-10-5-6(1)7-3-8-4-7/h1-3,5H/q-1. The van der Waals surface area contributed by atoms with Gasteiger partial charge in [-0.3, -0.25) is 0 Å². The van der Waals surface area contributed by atoms with Crippen LogP contribution < -0.4 is 0 Å². The van der Waals surface area contributed by atoms with Crippen LogP contribution >= 0.6 is 0 Å². The molecule has 0 saturated carbocycles. The molecule has 3 heteroatoms. The van der Waals surface area contributed by atoms with Crippen LogP contribution in [0.15, 0.2) is 29.7 Å². The number of allylic oxidation sites excluding steroid dienone is 1. The summed E-state index contributed by atoms with van der Waals surface area (Å²) in [6.07, 6.45) is 7.86. The van der Waals surface area contributed by atoms with Crippen LogP contribution in [0.5, 0.6) is 0 Å². The number of aliphatic imine (C=N–C) groups is 1. The Kier molecular flexibility index (Phi) is 1.07. The third-order valence-electron chi connectivity index (χ3n) is 1.27. The van der Waals surface area contributed by atoms with Crippen LogP contribution in [0, 0.1) is 0 Å². The summed E-state index contributed by atoms with van der Waals surface area (Å²) in [7, 11) is 0. The van der Waals surface area contributed by atoms with E-state index in [-0.39, 0.29) is 0 Å². The number of hydrogen-bond donors (Lipinski definition) is 0. The van der Waals surface area contributed by atoms with Gasteiger partial charge in [0.2, 0.25) is 0 Å². The lowest BCUT2D eigenvalue weighted by atomic mass is 10.1. The highest BCUT2D eigenvalue weighted by Crippen LogP contribution is 2.14. The minimum Gasteiger partial charge on any atom is -0.360 e. The summed E-state index contributed by atoms with van der Waals surface area (Å²) in [6, 6.07) is 1.88. The van der Waals surface area contributed by atoms with Crippen LogP contribution in [0.3, 0.4) is 0 Å². The molecule has 0 aliphatic carbocycles. The van der Waals surface area contributed by atoms with Crippen molar-refractivity contribution < 1.29 is 0 Å². The topological polar surface area (TPSA) is 38.1 Å². The van der Waals surface area contributed by atoms with Gasteiger partial charge in [0.05, 0.1) is 0 Å². The summed E-state index contributed by atoms with van der Waals surface area (Å²) in [4.78, 5) is 3.71. The predicted octanol–water partition coefficient (Wildman–Crippen LogP) is 0.779. The van der Waals surface area contributed by atoms with Crippen molar-refractivity contribution in [3.63, 3.8) is 0 Å². The van der Waals surface area contributed by atoms with Crippen LogP contribution in [0.4, 0.5) is 0 Å². The molecule has 48 valence electrons. The molecule has 0 unspecified atom stereocenters. The molecular formula is C7H4N3-. The Bertz CT molecular complexity index is 287. The van der Waals surface area contributed by atoms with E-state index in [4.69, 9.17) is 0 Å². The Balaban J connectivity index is 2.35. The Morgan fingerprint density at radius 3 is 2.70 bits per heavy atom. The SMILES string of the molecule is [C-]1=NC=C1c1ccnnc1. The summed E-state index contributed by atoms with van der Waals surface area (Å²) in [5.74, 6) is 0. The van der Waals surface area contributed by atoms with Crippen LogP contribution in [0.1, 0.15) is 5.56 Å². The van der Waals surface area contributed by atoms with Gasteiger partial charge in [-0.1, -0.05) is 17.8 Å². The highest BCUT2D eigenvalue weighted by Gasteiger charge is 1.93. The average molecular weight is 130 g/mol. The molecule has 0 bridgehead atoms. The van der Waals surface area contributed by atoms with Crippen LogP contribution in [0.25, 0.3) is 5.57 Å². The quantitative estimate of drug-likeness (QED) is 0.527. The van der Waals surface area contributed by atoms with Crippen molar-refractivity contribution in [2.45, 2.75) is 0 Å². The molecule has 10 heavy (non-hydrogen) atoms. The Morgan fingerprint density at radius 1 is 1.30 bits per heavy atom. The van der Waals surface area contributed by atoms with Gasteiger partial charge in [-0.15, -0.1) is 5.57 Å². The lowest BCUT2D eigenvalue weighted by Crippen LogP contribution is -1.93. The Hall–Kier alpha value is -1.51. The number of nitrogens with zero attached hydrogens (tertiary/aromatic N) is 3. The van der Waals surface area contributed by atoms with Crippen molar-refractivity contribution in [2.75, 3.05) is 0 Å². The first kappa shape index (κ1) is 5.29. The van der Waals surface area contributed by atoms with E-state index in [0.717, 1.165) is 11.1 Å². The average Bonchev–Trinajstić information content (AvgIpc) is 1.86. The lowest BCUT2D eigenvalue weighted by molar-refractivity contribution is 1.03. The van der Waals surface area contributed by atoms with Gasteiger partial charge in [0.15, 0.2) is 0 Å². The normalized spacial score (nSPS) is 14.2. The zero-order valence-corrected chi connectivity index (χ0v) is 5.15. The highest BCUT2D eigenvalue weighted by atomic mass is 15.1. The fraction of sp³-hybridized carbons (Fsp3) is 0. The van der Waals surface area contributed by atoms with E-state index < -0.39 is 0 Å². The maximum Gasteiger partial charge on any atom is 0.0410 e. The van der Waals surface area contributed by atoms with Gasteiger partial charge in [-0.05, 0) is 6.21 Å². The van der Waals surface area contributed by atoms with E-state index in [1.54, 1.807) is 18.6 Å². The first-order chi connectivity index (χ1) is 4.97. The molecule has 0 saturated heterocycles. The first-order valence-corrected chi connectivity index (χ1v) is 2.90. The van der Waals surface area contributed by atoms with Gasteiger partial charge in [0.1, 0.15) is 0 Å². The van der Waals surface area contributed by atoms with Gasteiger partial charge >= 0.3 is 0 Å². The summed E-state index contributed by atoms with van der Waals surface area (Å²) < 4.78 is 0. The molecule has 0 spiro atoms. The van der Waals surface area contributed by atoms with Crippen LogP contribution in [0.2, 0.25) is 0 Å². The van der Waals surface area contributed by atoms with E-state index in [9.17, 15) is 0 Å². The minimum atomic E-state index is 0.995. The van der Waals surface area contributed by atoms with Gasteiger partial charge in [0.25, 0.3) is 0 Å². The van der Waals surface area contributed by atoms with Crippen molar-refractivity contribution in [3.8, 4) is 0 Å². The zero-order chi connectivity index (χ0) is 6.81. The Labute approximate surface area is 58.1 Å². The van der Waals surface area contributed by atoms with Crippen molar-refractivity contribution >= 4 is 11.8 Å². The molecule has 1 aromatic rings. The minimum absolute atomic E-state index is 0.995. The zero-order valence-electron chi connectivity index (χ0n) is 5.15. The van der Waals surface area contributed by atoms with Crippen LogP contribution in [-0.2, 0) is 0 Å². The maximum absolute atomic E-state index is 3.72. The third-order valence-corrected chi connectivity index (χ3v) is 1.27. The lowest BCUT2D eigenvalue weighted by Gasteiger charge is -2.11. The molecular weight excluding hydrogens is 126 g/mol. The van der Waals surface area contributed by atoms with Crippen LogP contribution in [-0.4, -0.2) is 16.4 Å². The van der Waals surface area contributed by atoms with E-state index in [0.29, 0.717) is 0 Å². The maximum atomic E-state index is 3.72. The number of hydrogen-bond acceptors (Lipinski definition) is 3. The van der Waals surface area contributed by atoms with Crippen molar-refractivity contribution in [2.24, 2.45) is 4.99 Å². The largest absolute Gasteiger partial charge is 0.360 e. The van der Waals surface area contributed by atoms with E-state index >= 15 is 0 Å². The summed E-state index contributed by atoms with van der Waals surface area (Å²) in [5, 5.41) is 7.37. The molecule has 0 radical (unpaired) electrons. The predicted molar refractivity (Wildman–Crippen MR) is 37.4 cm³/mol. The molecule has 3 nitrogen and oxygen atoms in total. The first-order valence-electron chi connectivity index (χ1n) is 2.90. The molecule has 0 atom stereocenters. The molecule has 0 N–H and O–H groups in total. The molecule has 2 rings (SSSR count). The summed E-state index contributed by atoms with van der Waals surface area (Å²) >= 11 is 0. The van der Waals surface area contributed by atoms with Crippen molar-refractivity contribution in [1.82, 2.24) is 10.2 Å². The highest BCUT2D eigenvalue weighted by molar-refractivity contribution is 6.14. The van der Waals surface area contributed by atoms with Crippen molar-refractivity contribution in [3.05, 3.63) is 30.2 Å². The number of rotatable bonds is 1. The molecule has 1 aliphatic rings. The second kappa shape index (κ2) is 2.02. The molecule has 0 fully saturated rings. The molecule has 0 aromatic carbocycles. The monoisotopic (exact) mass is 130 g/mol. The second-order valence-electron chi connectivity index (χ2n) is 1.91. The fourth-order valence-corrected chi connectivity index (χ4v) is 0.718. The van der Waals surface area contributed by atoms with Gasteiger partial charge in [-0.2, -0.15) is 10.2 Å². The molecule has 1 aromatic heterocycles. The van der Waals surface area contributed by atoms with Crippen molar-refractivity contribution in [1.29, 1.82) is 0 Å². The van der Waals surface area contributed by atoms with Gasteiger partial charge < -0.3 is 4.99 Å². The van der Waals surface area contributed by atoms with E-state index in [1.807, 2.05) is 6.07 Å². The van der Waals surface area contributed by atoms with Gasteiger partial charge in [-0.25, -0.2) is 0 Å². The molecule has 0 amide bonds. The third kappa shape index (κ3) is 0.719. The summed E-state index contributed by atoms with van der Waals surface area (Å²) in [6.45, 7) is 0.